The van der Waals surface area contributed by atoms with Crippen LogP contribution in [0.1, 0.15) is 29.8 Å². The number of carbonyl (C=O) groups excluding carboxylic acids is 3. The van der Waals surface area contributed by atoms with Gasteiger partial charge in [0.15, 0.2) is 17.2 Å². The van der Waals surface area contributed by atoms with Crippen LogP contribution in [-0.4, -0.2) is 78.6 Å². The molecule has 3 aromatic rings. The van der Waals surface area contributed by atoms with E-state index in [9.17, 15) is 32.7 Å². The summed E-state index contributed by atoms with van der Waals surface area (Å²) in [4.78, 5) is 42.7. The molecule has 4 N–H and O–H groups in total. The Balaban J connectivity index is 1.37. The Bertz CT molecular complexity index is 1640. The van der Waals surface area contributed by atoms with Gasteiger partial charge in [0.2, 0.25) is 6.79 Å². The minimum absolute atomic E-state index is 0.000336. The third-order valence-electron chi connectivity index (χ3n) is 7.83. The third-order valence-corrected chi connectivity index (χ3v) is 7.83. The Hall–Kier alpha value is -5.18. The lowest BCUT2D eigenvalue weighted by molar-refractivity contribution is -0.137. The molecule has 3 aromatic carbocycles. The highest BCUT2D eigenvalue weighted by atomic mass is 19.4. The molecular weight excluding hydrogens is 623 g/mol. The smallest absolute Gasteiger partial charge is 0.416 e. The molecule has 2 aliphatic rings. The number of anilines is 3. The number of alkyl halides is 3. The van der Waals surface area contributed by atoms with Gasteiger partial charge in [-0.15, -0.1) is 0 Å². The van der Waals surface area contributed by atoms with Crippen molar-refractivity contribution in [3.63, 3.8) is 0 Å². The molecule has 0 spiro atoms. The SMILES string of the molecule is C[C@@H]1CN([C@H](C)CO)C(=O)c2cccc(NC(=O)Nc3ccc4c(c3)OCO4)c2O[C@@H]1CN(C)C(=O)Nc1ccc(C(F)(F)F)cc1. The number of nitrogens with one attached hydrogen (secondary N) is 3. The highest BCUT2D eigenvalue weighted by Gasteiger charge is 2.35. The van der Waals surface area contributed by atoms with Crippen molar-refractivity contribution in [1.82, 2.24) is 9.80 Å². The minimum atomic E-state index is -4.51. The maximum Gasteiger partial charge on any atom is 0.416 e. The molecule has 2 heterocycles. The highest BCUT2D eigenvalue weighted by molar-refractivity contribution is 6.04. The number of aliphatic hydroxyl groups is 1. The van der Waals surface area contributed by atoms with Crippen molar-refractivity contribution in [2.24, 2.45) is 5.92 Å². The Morgan fingerprint density at radius 2 is 1.72 bits per heavy atom. The first-order valence-corrected chi connectivity index (χ1v) is 14.7. The second kappa shape index (κ2) is 13.7. The Morgan fingerprint density at radius 1 is 1.02 bits per heavy atom. The molecule has 0 saturated heterocycles. The second-order valence-electron chi connectivity index (χ2n) is 11.3. The molecule has 5 amide bonds. The van der Waals surface area contributed by atoms with Gasteiger partial charge in [-0.2, -0.15) is 13.2 Å². The number of aliphatic hydroxyl groups excluding tert-OH is 1. The molecule has 250 valence electrons. The predicted octanol–water partition coefficient (Wildman–Crippen LogP) is 5.46. The van der Waals surface area contributed by atoms with Gasteiger partial charge in [0.25, 0.3) is 5.91 Å². The van der Waals surface area contributed by atoms with Crippen LogP contribution in [0.3, 0.4) is 0 Å². The number of amides is 5. The van der Waals surface area contributed by atoms with Crippen molar-refractivity contribution in [3.8, 4) is 17.2 Å². The normalized spacial score (nSPS) is 17.9. The van der Waals surface area contributed by atoms with Crippen LogP contribution >= 0.6 is 0 Å². The number of benzene rings is 3. The van der Waals surface area contributed by atoms with Crippen LogP contribution in [0.5, 0.6) is 17.2 Å². The molecule has 0 fully saturated rings. The fourth-order valence-electron chi connectivity index (χ4n) is 5.13. The average molecular weight is 658 g/mol. The van der Waals surface area contributed by atoms with Gasteiger partial charge in [-0.25, -0.2) is 9.59 Å². The van der Waals surface area contributed by atoms with E-state index in [1.165, 1.54) is 16.8 Å². The first-order chi connectivity index (χ1) is 22.3. The van der Waals surface area contributed by atoms with Crippen molar-refractivity contribution >= 4 is 35.0 Å². The summed E-state index contributed by atoms with van der Waals surface area (Å²) in [5, 5.41) is 17.9. The van der Waals surface area contributed by atoms with Crippen molar-refractivity contribution in [2.75, 3.05) is 49.5 Å². The van der Waals surface area contributed by atoms with Crippen LogP contribution in [0, 0.1) is 5.92 Å². The molecule has 0 aromatic heterocycles. The lowest BCUT2D eigenvalue weighted by Gasteiger charge is -2.38. The molecule has 0 radical (unpaired) electrons. The monoisotopic (exact) mass is 657 g/mol. The number of hydrogen-bond donors (Lipinski definition) is 4. The van der Waals surface area contributed by atoms with E-state index >= 15 is 0 Å². The van der Waals surface area contributed by atoms with Crippen LogP contribution in [0.25, 0.3) is 0 Å². The van der Waals surface area contributed by atoms with Crippen molar-refractivity contribution in [1.29, 1.82) is 0 Å². The van der Waals surface area contributed by atoms with Crippen molar-refractivity contribution in [3.05, 3.63) is 71.8 Å². The lowest BCUT2D eigenvalue weighted by Crippen LogP contribution is -2.50. The van der Waals surface area contributed by atoms with Gasteiger partial charge in [0, 0.05) is 37.0 Å². The zero-order valence-corrected chi connectivity index (χ0v) is 25.8. The van der Waals surface area contributed by atoms with E-state index in [-0.39, 0.29) is 55.1 Å². The molecule has 12 nitrogen and oxygen atoms in total. The zero-order valence-electron chi connectivity index (χ0n) is 25.8. The summed E-state index contributed by atoms with van der Waals surface area (Å²) in [7, 11) is 1.50. The van der Waals surface area contributed by atoms with Crippen LogP contribution in [0.2, 0.25) is 0 Å². The van der Waals surface area contributed by atoms with Gasteiger partial charge in [-0.1, -0.05) is 13.0 Å². The minimum Gasteiger partial charge on any atom is -0.485 e. The van der Waals surface area contributed by atoms with Crippen LogP contribution < -0.4 is 30.2 Å². The van der Waals surface area contributed by atoms with E-state index in [1.807, 2.05) is 6.92 Å². The number of fused-ring (bicyclic) bond motifs is 2. The zero-order chi connectivity index (χ0) is 33.9. The predicted molar refractivity (Wildman–Crippen MR) is 166 cm³/mol. The summed E-state index contributed by atoms with van der Waals surface area (Å²) in [5.41, 5.74) is 0.0732. The maximum atomic E-state index is 13.7. The molecule has 0 saturated carbocycles. The van der Waals surface area contributed by atoms with Gasteiger partial charge >= 0.3 is 18.2 Å². The number of urea groups is 2. The fourth-order valence-corrected chi connectivity index (χ4v) is 5.13. The van der Waals surface area contributed by atoms with Gasteiger partial charge in [-0.3, -0.25) is 4.79 Å². The quantitative estimate of drug-likeness (QED) is 0.264. The van der Waals surface area contributed by atoms with Gasteiger partial charge in [0.1, 0.15) is 6.10 Å². The Kier molecular flexibility index (Phi) is 9.65. The number of hydrogen-bond acceptors (Lipinski definition) is 7. The summed E-state index contributed by atoms with van der Waals surface area (Å²) >= 11 is 0. The lowest BCUT2D eigenvalue weighted by atomic mass is 9.99. The highest BCUT2D eigenvalue weighted by Crippen LogP contribution is 2.37. The molecule has 2 aliphatic heterocycles. The molecule has 0 aliphatic carbocycles. The van der Waals surface area contributed by atoms with E-state index in [0.29, 0.717) is 17.2 Å². The summed E-state index contributed by atoms with van der Waals surface area (Å²) in [5.74, 6) is 0.301. The van der Waals surface area contributed by atoms with E-state index in [0.717, 1.165) is 24.3 Å². The van der Waals surface area contributed by atoms with E-state index in [2.05, 4.69) is 16.0 Å². The van der Waals surface area contributed by atoms with Gasteiger partial charge in [-0.05, 0) is 55.5 Å². The number of nitrogens with zero attached hydrogens (tertiary/aromatic N) is 2. The molecular formula is C32H34F3N5O7. The van der Waals surface area contributed by atoms with Crippen LogP contribution in [0.4, 0.5) is 39.8 Å². The number of ether oxygens (including phenoxy) is 3. The number of carbonyl (C=O) groups is 3. The Morgan fingerprint density at radius 3 is 2.43 bits per heavy atom. The molecule has 15 heteroatoms. The van der Waals surface area contributed by atoms with E-state index < -0.39 is 41.9 Å². The summed E-state index contributed by atoms with van der Waals surface area (Å²) < 4.78 is 55.9. The van der Waals surface area contributed by atoms with Crippen molar-refractivity contribution in [2.45, 2.75) is 32.2 Å². The second-order valence-corrected chi connectivity index (χ2v) is 11.3. The first kappa shape index (κ1) is 33.2. The molecule has 3 atom stereocenters. The Labute approximate surface area is 268 Å². The molecule has 0 unspecified atom stereocenters. The van der Waals surface area contributed by atoms with Crippen molar-refractivity contribution < 1.29 is 46.9 Å². The topological polar surface area (TPSA) is 142 Å². The first-order valence-electron chi connectivity index (χ1n) is 14.7. The number of rotatable bonds is 7. The number of para-hydroxylation sites is 1. The van der Waals surface area contributed by atoms with E-state index in [1.54, 1.807) is 43.3 Å². The standard InChI is InChI=1S/C32H34F3N5O7/c1-18-14-40(19(2)16-41)29(42)23-5-4-6-24(38-30(43)36-22-11-12-25-26(13-22)46-17-45-25)28(23)47-27(18)15-39(3)31(44)37-21-9-7-20(8-10-21)32(33,34)35/h4-13,18-19,27,41H,14-17H2,1-3H3,(H,37,44)(H2,36,38,43)/t18-,19-,27-/m1/s1. The maximum absolute atomic E-state index is 13.7. The fraction of sp³-hybridized carbons (Fsp3) is 0.344. The third kappa shape index (κ3) is 7.62. The molecule has 0 bridgehead atoms. The van der Waals surface area contributed by atoms with E-state index in [4.69, 9.17) is 14.2 Å². The summed E-state index contributed by atoms with van der Waals surface area (Å²) in [6, 6.07) is 11.9. The van der Waals surface area contributed by atoms with Gasteiger partial charge in [0.05, 0.1) is 36.0 Å². The number of likely N-dealkylation sites (N-methyl/N-ethyl adjacent to an activating group) is 1. The average Bonchev–Trinajstić information content (AvgIpc) is 3.50. The molecule has 5 rings (SSSR count). The summed E-state index contributed by atoms with van der Waals surface area (Å²) in [6.07, 6.45) is -5.23. The van der Waals surface area contributed by atoms with Crippen LogP contribution in [0.15, 0.2) is 60.7 Å². The van der Waals surface area contributed by atoms with Crippen LogP contribution in [-0.2, 0) is 6.18 Å². The largest absolute Gasteiger partial charge is 0.485 e. The number of halogens is 3. The summed E-state index contributed by atoms with van der Waals surface area (Å²) in [6.45, 7) is 3.48. The van der Waals surface area contributed by atoms with Gasteiger partial charge < -0.3 is 45.1 Å². The molecule has 47 heavy (non-hydrogen) atoms.